The van der Waals surface area contributed by atoms with Gasteiger partial charge < -0.3 is 4.57 Å². The molecule has 1 aromatic carbocycles. The Morgan fingerprint density at radius 2 is 2.23 bits per heavy atom. The summed E-state index contributed by atoms with van der Waals surface area (Å²) in [6.45, 7) is 0. The normalized spacial score (nSPS) is 10.2. The first-order chi connectivity index (χ1) is 6.22. The van der Waals surface area contributed by atoms with Crippen molar-refractivity contribution in [1.82, 2.24) is 4.57 Å². The van der Waals surface area contributed by atoms with E-state index < -0.39 is 0 Å². The van der Waals surface area contributed by atoms with Crippen LogP contribution in [0.15, 0.2) is 24.4 Å². The van der Waals surface area contributed by atoms with E-state index in [0.29, 0.717) is 10.6 Å². The third kappa shape index (κ3) is 1.18. The molecule has 0 saturated carbocycles. The molecule has 1 heterocycles. The summed E-state index contributed by atoms with van der Waals surface area (Å²) in [5, 5.41) is 10.4. The lowest BCUT2D eigenvalue weighted by atomic mass is 10.2. The van der Waals surface area contributed by atoms with Crippen LogP contribution in [-0.4, -0.2) is 4.57 Å². The number of hydrogen-bond acceptors (Lipinski definition) is 1. The molecule has 1 aromatic heterocycles. The topological polar surface area (TPSA) is 28.7 Å². The van der Waals surface area contributed by atoms with Crippen molar-refractivity contribution in [3.63, 3.8) is 0 Å². The number of rotatable bonds is 0. The Morgan fingerprint density at radius 3 is 2.92 bits per heavy atom. The number of benzene rings is 1. The summed E-state index contributed by atoms with van der Waals surface area (Å²) < 4.78 is 1.92. The number of hydrogen-bond donors (Lipinski definition) is 0. The minimum Gasteiger partial charge on any atom is -0.349 e. The molecular formula is C10H7ClN2. The van der Waals surface area contributed by atoms with Gasteiger partial charge in [-0.15, -0.1) is 0 Å². The maximum Gasteiger partial charge on any atom is 0.101 e. The quantitative estimate of drug-likeness (QED) is 0.628. The number of aryl methyl sites for hydroxylation is 1. The number of nitrogens with zero attached hydrogens (tertiary/aromatic N) is 2. The summed E-state index contributed by atoms with van der Waals surface area (Å²) in [6.07, 6.45) is 1.81. The van der Waals surface area contributed by atoms with Crippen LogP contribution in [0.3, 0.4) is 0 Å². The predicted octanol–water partition coefficient (Wildman–Crippen LogP) is 2.70. The summed E-state index contributed by atoms with van der Waals surface area (Å²) in [5.41, 5.74) is 1.70. The molecular weight excluding hydrogens is 184 g/mol. The number of fused-ring (bicyclic) bond motifs is 1. The molecule has 0 atom stereocenters. The summed E-state index contributed by atoms with van der Waals surface area (Å²) in [5.74, 6) is 0. The molecule has 0 N–H and O–H groups in total. The molecule has 64 valence electrons. The van der Waals surface area contributed by atoms with Crippen LogP contribution >= 0.6 is 11.6 Å². The first-order valence-corrected chi connectivity index (χ1v) is 4.25. The molecule has 0 unspecified atom stereocenters. The van der Waals surface area contributed by atoms with Gasteiger partial charge in [0.2, 0.25) is 0 Å². The Hall–Kier alpha value is -1.46. The van der Waals surface area contributed by atoms with Gasteiger partial charge in [0.05, 0.1) is 5.56 Å². The Balaban J connectivity index is 2.91. The van der Waals surface area contributed by atoms with Crippen LogP contribution in [0.25, 0.3) is 10.9 Å². The summed E-state index contributed by atoms with van der Waals surface area (Å²) in [7, 11) is 1.91. The highest BCUT2D eigenvalue weighted by atomic mass is 35.5. The lowest BCUT2D eigenvalue weighted by Crippen LogP contribution is -1.82. The average Bonchev–Trinajstić information content (AvgIpc) is 2.42. The smallest absolute Gasteiger partial charge is 0.101 e. The van der Waals surface area contributed by atoms with E-state index >= 15 is 0 Å². The largest absolute Gasteiger partial charge is 0.349 e. The second kappa shape index (κ2) is 2.79. The van der Waals surface area contributed by atoms with Crippen molar-refractivity contribution in [1.29, 1.82) is 5.26 Å². The van der Waals surface area contributed by atoms with E-state index in [0.717, 1.165) is 10.9 Å². The standard InChI is InChI=1S/C10H7ClN2/c1-13-6-7(5-12)9-4-8(11)2-3-10(9)13/h2-4,6H,1H3. The zero-order valence-corrected chi connectivity index (χ0v) is 7.84. The van der Waals surface area contributed by atoms with Gasteiger partial charge in [0, 0.05) is 29.2 Å². The highest BCUT2D eigenvalue weighted by Crippen LogP contribution is 2.23. The number of aromatic nitrogens is 1. The van der Waals surface area contributed by atoms with Crippen molar-refractivity contribution in [2.24, 2.45) is 7.05 Å². The van der Waals surface area contributed by atoms with Crippen LogP contribution in [-0.2, 0) is 7.05 Å². The first kappa shape index (κ1) is 8.15. The molecule has 3 heteroatoms. The maximum atomic E-state index is 8.83. The van der Waals surface area contributed by atoms with Crippen molar-refractivity contribution in [3.8, 4) is 6.07 Å². The van der Waals surface area contributed by atoms with Crippen molar-refractivity contribution >= 4 is 22.5 Å². The molecule has 0 fully saturated rings. The van der Waals surface area contributed by atoms with E-state index in [1.54, 1.807) is 6.20 Å². The molecule has 2 aromatic rings. The second-order valence-corrected chi connectivity index (χ2v) is 3.36. The lowest BCUT2D eigenvalue weighted by molar-refractivity contribution is 0.967. The summed E-state index contributed by atoms with van der Waals surface area (Å²) in [6, 6.07) is 7.69. The molecule has 0 bridgehead atoms. The van der Waals surface area contributed by atoms with Crippen LogP contribution in [0.4, 0.5) is 0 Å². The minimum atomic E-state index is 0.662. The Kier molecular flexibility index (Phi) is 1.75. The second-order valence-electron chi connectivity index (χ2n) is 2.93. The molecule has 0 amide bonds. The molecule has 0 aliphatic carbocycles. The highest BCUT2D eigenvalue weighted by molar-refractivity contribution is 6.31. The van der Waals surface area contributed by atoms with Crippen molar-refractivity contribution in [2.45, 2.75) is 0 Å². The van der Waals surface area contributed by atoms with Gasteiger partial charge in [0.25, 0.3) is 0 Å². The third-order valence-corrected chi connectivity index (χ3v) is 2.31. The van der Waals surface area contributed by atoms with Crippen molar-refractivity contribution in [2.75, 3.05) is 0 Å². The van der Waals surface area contributed by atoms with E-state index in [2.05, 4.69) is 6.07 Å². The zero-order chi connectivity index (χ0) is 9.42. The van der Waals surface area contributed by atoms with Gasteiger partial charge >= 0.3 is 0 Å². The van der Waals surface area contributed by atoms with Crippen LogP contribution in [0.5, 0.6) is 0 Å². The van der Waals surface area contributed by atoms with E-state index in [1.165, 1.54) is 0 Å². The monoisotopic (exact) mass is 190 g/mol. The number of nitriles is 1. The average molecular weight is 191 g/mol. The molecule has 2 rings (SSSR count). The van der Waals surface area contributed by atoms with Crippen LogP contribution < -0.4 is 0 Å². The SMILES string of the molecule is Cn1cc(C#N)c2cc(Cl)ccc21. The molecule has 13 heavy (non-hydrogen) atoms. The molecule has 0 aliphatic heterocycles. The Labute approximate surface area is 81.0 Å². The van der Waals surface area contributed by atoms with E-state index in [1.807, 2.05) is 29.8 Å². The van der Waals surface area contributed by atoms with Gasteiger partial charge in [0.1, 0.15) is 6.07 Å². The maximum absolute atomic E-state index is 8.83. The van der Waals surface area contributed by atoms with Crippen LogP contribution in [0, 0.1) is 11.3 Å². The molecule has 0 radical (unpaired) electrons. The van der Waals surface area contributed by atoms with E-state index in [-0.39, 0.29) is 0 Å². The molecule has 0 spiro atoms. The van der Waals surface area contributed by atoms with Crippen molar-refractivity contribution < 1.29 is 0 Å². The minimum absolute atomic E-state index is 0.662. The Bertz CT molecular complexity index is 505. The summed E-state index contributed by atoms with van der Waals surface area (Å²) in [4.78, 5) is 0. The third-order valence-electron chi connectivity index (χ3n) is 2.07. The van der Waals surface area contributed by atoms with Gasteiger partial charge in [0.15, 0.2) is 0 Å². The summed E-state index contributed by atoms with van der Waals surface area (Å²) >= 11 is 5.84. The Morgan fingerprint density at radius 1 is 1.46 bits per heavy atom. The molecule has 0 aliphatic rings. The van der Waals surface area contributed by atoms with Gasteiger partial charge in [-0.3, -0.25) is 0 Å². The highest BCUT2D eigenvalue weighted by Gasteiger charge is 2.05. The van der Waals surface area contributed by atoms with E-state index in [4.69, 9.17) is 16.9 Å². The fourth-order valence-corrected chi connectivity index (χ4v) is 1.63. The molecule has 2 nitrogen and oxygen atoms in total. The van der Waals surface area contributed by atoms with Gasteiger partial charge in [-0.1, -0.05) is 11.6 Å². The molecule has 0 saturated heterocycles. The first-order valence-electron chi connectivity index (χ1n) is 3.87. The lowest BCUT2D eigenvalue weighted by Gasteiger charge is -1.94. The van der Waals surface area contributed by atoms with Gasteiger partial charge in [-0.2, -0.15) is 5.26 Å². The van der Waals surface area contributed by atoms with E-state index in [9.17, 15) is 0 Å². The van der Waals surface area contributed by atoms with Crippen LogP contribution in [0.2, 0.25) is 5.02 Å². The van der Waals surface area contributed by atoms with Crippen molar-refractivity contribution in [3.05, 3.63) is 35.0 Å². The predicted molar refractivity (Wildman–Crippen MR) is 52.6 cm³/mol. The van der Waals surface area contributed by atoms with Gasteiger partial charge in [-0.05, 0) is 18.2 Å². The van der Waals surface area contributed by atoms with Gasteiger partial charge in [-0.25, -0.2) is 0 Å². The van der Waals surface area contributed by atoms with Crippen LogP contribution in [0.1, 0.15) is 5.56 Å². The fourth-order valence-electron chi connectivity index (χ4n) is 1.45. The number of halogens is 1. The zero-order valence-electron chi connectivity index (χ0n) is 7.08. The fraction of sp³-hybridized carbons (Fsp3) is 0.100.